The van der Waals surface area contributed by atoms with Gasteiger partial charge in [-0.3, -0.25) is 9.59 Å². The number of methoxy groups -OCH3 is 1. The zero-order valence-corrected chi connectivity index (χ0v) is 23.6. The number of carbonyl (C=O) groups excluding carboxylic acids is 3. The molecule has 0 saturated carbocycles. The molecular formula is C33H30ClNO5. The predicted octanol–water partition coefficient (Wildman–Crippen LogP) is 7.23. The minimum Gasteiger partial charge on any atom is -0.465 e. The van der Waals surface area contributed by atoms with Gasteiger partial charge in [-0.15, -0.1) is 0 Å². The fourth-order valence-corrected chi connectivity index (χ4v) is 4.43. The average molecular weight is 556 g/mol. The maximum atomic E-state index is 13.8. The summed E-state index contributed by atoms with van der Waals surface area (Å²) in [5.41, 5.74) is 2.66. The van der Waals surface area contributed by atoms with Gasteiger partial charge in [-0.1, -0.05) is 66.2 Å². The number of ketones is 1. The smallest absolute Gasteiger partial charge is 0.338 e. The Morgan fingerprint density at radius 1 is 0.925 bits per heavy atom. The number of esters is 2. The number of carbonyl (C=O) groups is 3. The predicted molar refractivity (Wildman–Crippen MR) is 157 cm³/mol. The Labute approximate surface area is 238 Å². The quantitative estimate of drug-likeness (QED) is 0.130. The summed E-state index contributed by atoms with van der Waals surface area (Å²) in [7, 11) is 1.29. The van der Waals surface area contributed by atoms with E-state index in [2.05, 4.69) is 4.98 Å². The molecule has 4 aromatic rings. The van der Waals surface area contributed by atoms with Gasteiger partial charge in [-0.05, 0) is 74.7 Å². The number of benzene rings is 3. The molecule has 0 radical (unpaired) electrons. The lowest BCUT2D eigenvalue weighted by Crippen LogP contribution is -2.34. The van der Waals surface area contributed by atoms with E-state index in [0.29, 0.717) is 21.7 Å². The molecule has 0 aliphatic carbocycles. The van der Waals surface area contributed by atoms with E-state index in [-0.39, 0.29) is 6.42 Å². The third-order valence-electron chi connectivity index (χ3n) is 6.15. The second-order valence-corrected chi connectivity index (χ2v) is 10.8. The van der Waals surface area contributed by atoms with Gasteiger partial charge in [-0.2, -0.15) is 0 Å². The fourth-order valence-electron chi connectivity index (χ4n) is 4.26. The molecule has 0 fully saturated rings. The molecule has 1 unspecified atom stereocenters. The van der Waals surface area contributed by atoms with Crippen LogP contribution >= 0.6 is 11.6 Å². The van der Waals surface area contributed by atoms with Crippen molar-refractivity contribution in [2.45, 2.75) is 32.8 Å². The fraction of sp³-hybridized carbons (Fsp3) is 0.212. The van der Waals surface area contributed by atoms with E-state index >= 15 is 0 Å². The molecular weight excluding hydrogens is 526 g/mol. The van der Waals surface area contributed by atoms with E-state index in [1.165, 1.54) is 7.11 Å². The Bertz CT molecular complexity index is 1600. The number of aromatic nitrogens is 1. The van der Waals surface area contributed by atoms with Crippen molar-refractivity contribution in [3.63, 3.8) is 0 Å². The van der Waals surface area contributed by atoms with E-state index in [1.807, 2.05) is 48.6 Å². The van der Waals surface area contributed by atoms with Gasteiger partial charge in [0.25, 0.3) is 0 Å². The minimum absolute atomic E-state index is 0.0113. The summed E-state index contributed by atoms with van der Waals surface area (Å²) in [6.45, 7) is 5.24. The SMILES string of the molecule is COC(=O)c1ccccc1CC(C(=O)OC(C)(C)C)C(=O)c1cccc(/C=C/c2ccc3ccc(Cl)cc3n2)c1. The molecule has 40 heavy (non-hydrogen) atoms. The third-order valence-corrected chi connectivity index (χ3v) is 6.38. The molecule has 0 saturated heterocycles. The van der Waals surface area contributed by atoms with Crippen LogP contribution in [0.1, 0.15) is 58.3 Å². The first-order valence-corrected chi connectivity index (χ1v) is 13.2. The summed E-state index contributed by atoms with van der Waals surface area (Å²) in [4.78, 5) is 44.0. The third kappa shape index (κ3) is 7.21. The maximum absolute atomic E-state index is 13.8. The van der Waals surface area contributed by atoms with Gasteiger partial charge >= 0.3 is 11.9 Å². The van der Waals surface area contributed by atoms with Crippen molar-refractivity contribution in [2.75, 3.05) is 7.11 Å². The van der Waals surface area contributed by atoms with Gasteiger partial charge in [0.2, 0.25) is 0 Å². The normalized spacial score (nSPS) is 12.3. The van der Waals surface area contributed by atoms with E-state index in [1.54, 1.807) is 63.2 Å². The molecule has 1 aromatic heterocycles. The first kappa shape index (κ1) is 28.7. The number of ether oxygens (including phenoxy) is 2. The number of pyridine rings is 1. The van der Waals surface area contributed by atoms with E-state index in [9.17, 15) is 14.4 Å². The molecule has 0 bridgehead atoms. The van der Waals surface area contributed by atoms with Crippen LogP contribution in [0.2, 0.25) is 5.02 Å². The summed E-state index contributed by atoms with van der Waals surface area (Å²) in [6.07, 6.45) is 3.69. The van der Waals surface area contributed by atoms with Crippen LogP contribution in [0.4, 0.5) is 0 Å². The summed E-state index contributed by atoms with van der Waals surface area (Å²) in [5, 5.41) is 1.59. The van der Waals surface area contributed by atoms with Crippen molar-refractivity contribution in [3.8, 4) is 0 Å². The highest BCUT2D eigenvalue weighted by molar-refractivity contribution is 6.31. The summed E-state index contributed by atoms with van der Waals surface area (Å²) in [6, 6.07) is 23.2. The van der Waals surface area contributed by atoms with Crippen molar-refractivity contribution in [1.82, 2.24) is 4.98 Å². The standard InChI is InChI=1S/C33H30ClNO5/c1-33(2,3)40-32(38)28(19-23-9-5-6-11-27(23)31(37)39-4)30(36)24-10-7-8-21(18-24)12-16-26-17-14-22-13-15-25(34)20-29(22)35-26/h5-18,20,28H,19H2,1-4H3/b16-12+. The van der Waals surface area contributed by atoms with E-state index in [0.717, 1.165) is 22.2 Å². The summed E-state index contributed by atoms with van der Waals surface area (Å²) in [5.74, 6) is -2.75. The number of hydrogen-bond acceptors (Lipinski definition) is 6. The molecule has 7 heteroatoms. The zero-order chi connectivity index (χ0) is 28.9. The van der Waals surface area contributed by atoms with Crippen LogP contribution in [0.15, 0.2) is 78.9 Å². The Morgan fingerprint density at radius 2 is 1.68 bits per heavy atom. The molecule has 3 aromatic carbocycles. The number of nitrogens with zero attached hydrogens (tertiary/aromatic N) is 1. The Kier molecular flexibility index (Phi) is 8.80. The van der Waals surface area contributed by atoms with Gasteiger partial charge < -0.3 is 9.47 Å². The largest absolute Gasteiger partial charge is 0.465 e. The highest BCUT2D eigenvalue weighted by Gasteiger charge is 2.33. The molecule has 1 atom stereocenters. The van der Waals surface area contributed by atoms with Gasteiger partial charge in [0, 0.05) is 16.0 Å². The lowest BCUT2D eigenvalue weighted by atomic mass is 9.88. The Hall–Kier alpha value is -4.29. The zero-order valence-electron chi connectivity index (χ0n) is 22.8. The molecule has 6 nitrogen and oxygen atoms in total. The van der Waals surface area contributed by atoms with Crippen LogP contribution in [0.3, 0.4) is 0 Å². The number of Topliss-reactive ketones (excluding diaryl/α,β-unsaturated/α-hetero) is 1. The molecule has 1 heterocycles. The molecule has 0 amide bonds. The lowest BCUT2D eigenvalue weighted by molar-refractivity contribution is -0.158. The van der Waals surface area contributed by atoms with Crippen molar-refractivity contribution in [1.29, 1.82) is 0 Å². The van der Waals surface area contributed by atoms with E-state index < -0.39 is 29.2 Å². The second kappa shape index (κ2) is 12.3. The van der Waals surface area contributed by atoms with Crippen LogP contribution in [0.5, 0.6) is 0 Å². The molecule has 204 valence electrons. The van der Waals surface area contributed by atoms with E-state index in [4.69, 9.17) is 21.1 Å². The molecule has 4 rings (SSSR count). The van der Waals surface area contributed by atoms with Gasteiger partial charge in [-0.25, -0.2) is 9.78 Å². The first-order chi connectivity index (χ1) is 19.0. The van der Waals surface area contributed by atoms with Crippen LogP contribution in [-0.4, -0.2) is 35.4 Å². The second-order valence-electron chi connectivity index (χ2n) is 10.3. The van der Waals surface area contributed by atoms with Crippen LogP contribution in [0.25, 0.3) is 23.1 Å². The number of hydrogen-bond donors (Lipinski definition) is 0. The molecule has 0 aliphatic rings. The highest BCUT2D eigenvalue weighted by atomic mass is 35.5. The Morgan fingerprint density at radius 3 is 2.42 bits per heavy atom. The summed E-state index contributed by atoms with van der Waals surface area (Å²) >= 11 is 6.11. The van der Waals surface area contributed by atoms with Crippen molar-refractivity contribution >= 4 is 52.4 Å². The monoisotopic (exact) mass is 555 g/mol. The topological polar surface area (TPSA) is 82.6 Å². The van der Waals surface area contributed by atoms with Crippen LogP contribution < -0.4 is 0 Å². The van der Waals surface area contributed by atoms with Crippen molar-refractivity contribution in [2.24, 2.45) is 5.92 Å². The Balaban J connectivity index is 1.63. The maximum Gasteiger partial charge on any atom is 0.338 e. The van der Waals surface area contributed by atoms with Crippen LogP contribution in [-0.2, 0) is 20.7 Å². The summed E-state index contributed by atoms with van der Waals surface area (Å²) < 4.78 is 10.5. The van der Waals surface area contributed by atoms with Gasteiger partial charge in [0.05, 0.1) is 23.9 Å². The van der Waals surface area contributed by atoms with Gasteiger partial charge in [0.1, 0.15) is 11.5 Å². The molecule has 0 aliphatic heterocycles. The number of fused-ring (bicyclic) bond motifs is 1. The first-order valence-electron chi connectivity index (χ1n) is 12.8. The lowest BCUT2D eigenvalue weighted by Gasteiger charge is -2.24. The van der Waals surface area contributed by atoms with Crippen LogP contribution in [0, 0.1) is 5.92 Å². The van der Waals surface area contributed by atoms with Crippen molar-refractivity contribution in [3.05, 3.63) is 112 Å². The van der Waals surface area contributed by atoms with Crippen molar-refractivity contribution < 1.29 is 23.9 Å². The average Bonchev–Trinajstić information content (AvgIpc) is 2.93. The minimum atomic E-state index is -1.16. The molecule has 0 spiro atoms. The highest BCUT2D eigenvalue weighted by Crippen LogP contribution is 2.24. The van der Waals surface area contributed by atoms with Gasteiger partial charge in [0.15, 0.2) is 5.78 Å². The number of halogens is 1. The molecule has 0 N–H and O–H groups in total. The number of rotatable bonds is 8.